The van der Waals surface area contributed by atoms with Crippen LogP contribution in [0.2, 0.25) is 0 Å². The van der Waals surface area contributed by atoms with Crippen molar-refractivity contribution >= 4 is 29.0 Å². The maximum atomic E-state index is 12.0. The molecule has 2 heterocycles. The molecule has 0 saturated carbocycles. The minimum Gasteiger partial charge on any atom is -0.375 e. The molecular formula is C12H12N2OS. The molecule has 4 heteroatoms. The molecule has 2 unspecified atom stereocenters. The topological polar surface area (TPSA) is 41.1 Å². The highest BCUT2D eigenvalue weighted by Gasteiger charge is 2.34. The van der Waals surface area contributed by atoms with E-state index < -0.39 is 0 Å². The van der Waals surface area contributed by atoms with Gasteiger partial charge in [0.15, 0.2) is 0 Å². The molecule has 1 aromatic carbocycles. The number of para-hydroxylation sites is 2. The van der Waals surface area contributed by atoms with Crippen LogP contribution in [-0.4, -0.2) is 17.2 Å². The summed E-state index contributed by atoms with van der Waals surface area (Å²) in [6.45, 7) is 2.13. The molecule has 3 rings (SSSR count). The third-order valence-electron chi connectivity index (χ3n) is 2.96. The monoisotopic (exact) mass is 232 g/mol. The van der Waals surface area contributed by atoms with E-state index in [0.717, 1.165) is 16.9 Å². The van der Waals surface area contributed by atoms with Gasteiger partial charge in [-0.3, -0.25) is 4.79 Å². The fourth-order valence-electron chi connectivity index (χ4n) is 2.06. The van der Waals surface area contributed by atoms with E-state index in [0.29, 0.717) is 5.25 Å². The predicted octanol–water partition coefficient (Wildman–Crippen LogP) is 2.44. The first-order valence-corrected chi connectivity index (χ1v) is 6.22. The third kappa shape index (κ3) is 1.41. The van der Waals surface area contributed by atoms with Gasteiger partial charge in [-0.25, -0.2) is 0 Å². The van der Waals surface area contributed by atoms with Gasteiger partial charge < -0.3 is 10.6 Å². The van der Waals surface area contributed by atoms with E-state index in [1.54, 1.807) is 11.8 Å². The highest BCUT2D eigenvalue weighted by atomic mass is 32.2. The summed E-state index contributed by atoms with van der Waals surface area (Å²) >= 11 is 1.70. The Bertz CT molecular complexity index is 484. The molecule has 2 atom stereocenters. The van der Waals surface area contributed by atoms with E-state index in [2.05, 4.69) is 17.6 Å². The van der Waals surface area contributed by atoms with Gasteiger partial charge in [0.1, 0.15) is 0 Å². The van der Waals surface area contributed by atoms with Crippen LogP contribution in [0.15, 0.2) is 35.2 Å². The van der Waals surface area contributed by atoms with Crippen molar-refractivity contribution in [3.63, 3.8) is 0 Å². The predicted molar refractivity (Wildman–Crippen MR) is 67.6 cm³/mol. The van der Waals surface area contributed by atoms with Gasteiger partial charge in [0.05, 0.1) is 17.4 Å². The molecule has 0 aromatic heterocycles. The van der Waals surface area contributed by atoms with Gasteiger partial charge in [-0.05, 0) is 17.5 Å². The van der Waals surface area contributed by atoms with E-state index in [1.807, 2.05) is 29.7 Å². The third-order valence-corrected chi connectivity index (χ3v) is 4.05. The van der Waals surface area contributed by atoms with Crippen LogP contribution < -0.4 is 10.6 Å². The van der Waals surface area contributed by atoms with Crippen molar-refractivity contribution in [2.75, 3.05) is 10.6 Å². The van der Waals surface area contributed by atoms with Crippen molar-refractivity contribution in [3.05, 3.63) is 35.2 Å². The highest BCUT2D eigenvalue weighted by molar-refractivity contribution is 8.03. The Hall–Kier alpha value is -1.42. The molecule has 0 aliphatic carbocycles. The number of carbonyl (C=O) groups excluding carboxylic acids is 1. The second kappa shape index (κ2) is 3.56. The summed E-state index contributed by atoms with van der Waals surface area (Å²) in [5, 5.41) is 8.72. The van der Waals surface area contributed by atoms with Gasteiger partial charge in [0.25, 0.3) is 5.91 Å². The molecule has 2 aliphatic heterocycles. The fourth-order valence-corrected chi connectivity index (χ4v) is 3.04. The standard InChI is InChI=1S/C12H12N2OS/c1-7-11-8(6-16-7)12(15)14-10-5-3-2-4-9(10)13-11/h2-7,11,13H,1H3,(H,14,15). The first kappa shape index (κ1) is 9.78. The molecule has 0 spiro atoms. The highest BCUT2D eigenvalue weighted by Crippen LogP contribution is 2.37. The van der Waals surface area contributed by atoms with E-state index >= 15 is 0 Å². The summed E-state index contributed by atoms with van der Waals surface area (Å²) in [7, 11) is 0. The molecule has 0 radical (unpaired) electrons. The molecule has 3 nitrogen and oxygen atoms in total. The van der Waals surface area contributed by atoms with Crippen LogP contribution in [0.5, 0.6) is 0 Å². The molecule has 2 aliphatic rings. The van der Waals surface area contributed by atoms with Crippen LogP contribution in [0.25, 0.3) is 0 Å². The number of carbonyl (C=O) groups is 1. The molecular weight excluding hydrogens is 220 g/mol. The lowest BCUT2D eigenvalue weighted by atomic mass is 10.1. The van der Waals surface area contributed by atoms with Crippen LogP contribution in [-0.2, 0) is 4.79 Å². The van der Waals surface area contributed by atoms with Crippen molar-refractivity contribution in [2.24, 2.45) is 0 Å². The Balaban J connectivity index is 2.06. The molecule has 1 amide bonds. The van der Waals surface area contributed by atoms with Crippen LogP contribution >= 0.6 is 11.8 Å². The van der Waals surface area contributed by atoms with Gasteiger partial charge in [0.2, 0.25) is 0 Å². The fraction of sp³-hybridized carbons (Fsp3) is 0.250. The lowest BCUT2D eigenvalue weighted by molar-refractivity contribution is -0.112. The number of fused-ring (bicyclic) bond motifs is 2. The summed E-state index contributed by atoms with van der Waals surface area (Å²) in [6, 6.07) is 7.93. The number of rotatable bonds is 0. The van der Waals surface area contributed by atoms with Gasteiger partial charge in [-0.2, -0.15) is 0 Å². The number of hydrogen-bond acceptors (Lipinski definition) is 3. The zero-order valence-corrected chi connectivity index (χ0v) is 9.67. The van der Waals surface area contributed by atoms with E-state index in [1.165, 1.54) is 0 Å². The average Bonchev–Trinajstić information content (AvgIpc) is 2.57. The van der Waals surface area contributed by atoms with Crippen LogP contribution in [0.3, 0.4) is 0 Å². The first-order chi connectivity index (χ1) is 7.75. The van der Waals surface area contributed by atoms with E-state index in [9.17, 15) is 4.79 Å². The number of thioether (sulfide) groups is 1. The minimum absolute atomic E-state index is 0.0132. The van der Waals surface area contributed by atoms with Crippen molar-refractivity contribution in [3.8, 4) is 0 Å². The summed E-state index contributed by atoms with van der Waals surface area (Å²) < 4.78 is 0. The van der Waals surface area contributed by atoms with Crippen molar-refractivity contribution < 1.29 is 4.79 Å². The maximum Gasteiger partial charge on any atom is 0.254 e. The van der Waals surface area contributed by atoms with Crippen molar-refractivity contribution in [1.82, 2.24) is 0 Å². The molecule has 0 saturated heterocycles. The normalized spacial score (nSPS) is 27.1. The molecule has 2 N–H and O–H groups in total. The average molecular weight is 232 g/mol. The molecule has 0 bridgehead atoms. The lowest BCUT2D eigenvalue weighted by Crippen LogP contribution is -2.30. The summed E-state index contributed by atoms with van der Waals surface area (Å²) in [6.07, 6.45) is 0. The van der Waals surface area contributed by atoms with Gasteiger partial charge in [-0.1, -0.05) is 19.1 Å². The second-order valence-corrected chi connectivity index (χ2v) is 5.29. The molecule has 82 valence electrons. The Labute approximate surface area is 98.3 Å². The Morgan fingerprint density at radius 1 is 1.25 bits per heavy atom. The first-order valence-electron chi connectivity index (χ1n) is 5.28. The number of nitrogens with one attached hydrogen (secondary N) is 2. The Kier molecular flexibility index (Phi) is 2.17. The number of amides is 1. The van der Waals surface area contributed by atoms with Gasteiger partial charge in [0, 0.05) is 10.8 Å². The summed E-state index contributed by atoms with van der Waals surface area (Å²) in [4.78, 5) is 12.0. The Morgan fingerprint density at radius 3 is 2.81 bits per heavy atom. The smallest absolute Gasteiger partial charge is 0.254 e. The number of benzene rings is 1. The van der Waals surface area contributed by atoms with Crippen molar-refractivity contribution in [1.29, 1.82) is 0 Å². The number of anilines is 2. The zero-order valence-electron chi connectivity index (χ0n) is 8.86. The maximum absolute atomic E-state index is 12.0. The quantitative estimate of drug-likeness (QED) is 0.722. The summed E-state index contributed by atoms with van der Waals surface area (Å²) in [5.74, 6) is 0.0132. The number of hydrogen-bond donors (Lipinski definition) is 2. The van der Waals surface area contributed by atoms with Gasteiger partial charge in [-0.15, -0.1) is 11.8 Å². The molecule has 0 fully saturated rings. The molecule has 1 aromatic rings. The van der Waals surface area contributed by atoms with Crippen LogP contribution in [0.1, 0.15) is 6.92 Å². The van der Waals surface area contributed by atoms with Gasteiger partial charge >= 0.3 is 0 Å². The van der Waals surface area contributed by atoms with Crippen LogP contribution in [0, 0.1) is 0 Å². The minimum atomic E-state index is 0.0132. The summed E-state index contributed by atoms with van der Waals surface area (Å²) in [5.41, 5.74) is 2.70. The molecule has 16 heavy (non-hydrogen) atoms. The van der Waals surface area contributed by atoms with E-state index in [-0.39, 0.29) is 11.9 Å². The SMILES string of the molecule is CC1SC=C2C(=O)Nc3ccccc3NC21. The van der Waals surface area contributed by atoms with Crippen molar-refractivity contribution in [2.45, 2.75) is 18.2 Å². The van der Waals surface area contributed by atoms with Crippen LogP contribution in [0.4, 0.5) is 11.4 Å². The lowest BCUT2D eigenvalue weighted by Gasteiger charge is -2.18. The zero-order chi connectivity index (χ0) is 11.1. The second-order valence-electron chi connectivity index (χ2n) is 4.04. The largest absolute Gasteiger partial charge is 0.375 e. The van der Waals surface area contributed by atoms with E-state index in [4.69, 9.17) is 0 Å². The Morgan fingerprint density at radius 2 is 2.00 bits per heavy atom.